The summed E-state index contributed by atoms with van der Waals surface area (Å²) in [7, 11) is 0. The minimum absolute atomic E-state index is 0.00327. The average Bonchev–Trinajstić information content (AvgIpc) is 3.54. The van der Waals surface area contributed by atoms with Crippen molar-refractivity contribution in [3.63, 3.8) is 0 Å². The van der Waals surface area contributed by atoms with Gasteiger partial charge in [0.05, 0.1) is 27.6 Å². The van der Waals surface area contributed by atoms with Crippen molar-refractivity contribution in [2.24, 2.45) is 29.6 Å². The molecule has 2 saturated carbocycles. The summed E-state index contributed by atoms with van der Waals surface area (Å²) < 4.78 is 0.936. The van der Waals surface area contributed by atoms with Crippen LogP contribution in [0.3, 0.4) is 0 Å². The van der Waals surface area contributed by atoms with Gasteiger partial charge in [-0.1, -0.05) is 64.6 Å². The van der Waals surface area contributed by atoms with E-state index in [4.69, 9.17) is 0 Å². The SMILES string of the molecule is C=C1NC2=C(S1)[C@@H](c1ccccc1)[C@@H]1[C@@H]3C[C@H]([C@@H]1S2)[C@@H]1C(=O)N(c2ccc(Br)cc2)C(=O)[C@H]31. The van der Waals surface area contributed by atoms with Gasteiger partial charge < -0.3 is 5.32 Å². The van der Waals surface area contributed by atoms with Crippen LogP contribution in [-0.2, 0) is 9.59 Å². The second-order valence-corrected chi connectivity index (χ2v) is 12.7. The molecule has 7 atom stereocenters. The molecule has 2 aromatic rings. The van der Waals surface area contributed by atoms with E-state index in [1.807, 2.05) is 36.0 Å². The third-order valence-electron chi connectivity index (χ3n) is 8.04. The van der Waals surface area contributed by atoms with Gasteiger partial charge in [0.25, 0.3) is 0 Å². The Morgan fingerprint density at radius 3 is 2.39 bits per heavy atom. The van der Waals surface area contributed by atoms with Crippen molar-refractivity contribution >= 4 is 57.0 Å². The fourth-order valence-electron chi connectivity index (χ4n) is 6.96. The number of nitrogens with zero attached hydrogens (tertiary/aromatic N) is 1. The van der Waals surface area contributed by atoms with Crippen molar-refractivity contribution in [1.29, 1.82) is 0 Å². The number of amides is 2. The highest BCUT2D eigenvalue weighted by Crippen LogP contribution is 2.70. The third-order valence-corrected chi connectivity index (χ3v) is 11.2. The van der Waals surface area contributed by atoms with E-state index in [2.05, 4.69) is 58.2 Å². The molecule has 0 aromatic heterocycles. The molecule has 4 nitrogen and oxygen atoms in total. The molecule has 3 heterocycles. The van der Waals surface area contributed by atoms with Crippen molar-refractivity contribution in [3.05, 3.63) is 86.2 Å². The molecule has 1 N–H and O–H groups in total. The Morgan fingerprint density at radius 2 is 1.67 bits per heavy atom. The zero-order valence-corrected chi connectivity index (χ0v) is 20.8. The van der Waals surface area contributed by atoms with E-state index in [1.165, 1.54) is 20.4 Å². The average molecular weight is 538 g/mol. The number of carbonyl (C=O) groups excluding carboxylic acids is 2. The maximum Gasteiger partial charge on any atom is 0.238 e. The van der Waals surface area contributed by atoms with Gasteiger partial charge in [0.1, 0.15) is 0 Å². The lowest BCUT2D eigenvalue weighted by molar-refractivity contribution is -0.123. The van der Waals surface area contributed by atoms with Gasteiger partial charge in [-0.05, 0) is 54.0 Å². The molecular weight excluding hydrogens is 516 g/mol. The molecule has 1 saturated heterocycles. The number of benzene rings is 2. The number of hydrogen-bond acceptors (Lipinski definition) is 5. The summed E-state index contributed by atoms with van der Waals surface area (Å²) in [6.45, 7) is 4.16. The van der Waals surface area contributed by atoms with Gasteiger partial charge in [0.2, 0.25) is 11.8 Å². The fraction of sp³-hybridized carbons (Fsp3) is 0.308. The van der Waals surface area contributed by atoms with Crippen molar-refractivity contribution in [1.82, 2.24) is 5.32 Å². The van der Waals surface area contributed by atoms with Gasteiger partial charge in [0.15, 0.2) is 0 Å². The van der Waals surface area contributed by atoms with Gasteiger partial charge in [-0.3, -0.25) is 14.5 Å². The number of halogens is 1. The Kier molecular flexibility index (Phi) is 4.50. The van der Waals surface area contributed by atoms with Crippen LogP contribution in [0.2, 0.25) is 0 Å². The highest BCUT2D eigenvalue weighted by atomic mass is 79.9. The lowest BCUT2D eigenvalue weighted by atomic mass is 9.68. The van der Waals surface area contributed by atoms with E-state index < -0.39 is 0 Å². The smallest absolute Gasteiger partial charge is 0.238 e. The minimum atomic E-state index is -0.205. The summed E-state index contributed by atoms with van der Waals surface area (Å²) in [6, 6.07) is 18.2. The molecular formula is C26H21BrN2O2S2. The summed E-state index contributed by atoms with van der Waals surface area (Å²) in [6.07, 6.45) is 0.971. The topological polar surface area (TPSA) is 49.4 Å². The van der Waals surface area contributed by atoms with Crippen molar-refractivity contribution in [2.75, 3.05) is 4.90 Å². The van der Waals surface area contributed by atoms with Crippen LogP contribution in [0.25, 0.3) is 0 Å². The molecule has 166 valence electrons. The lowest BCUT2D eigenvalue weighted by Gasteiger charge is -2.43. The quantitative estimate of drug-likeness (QED) is 0.499. The fourth-order valence-corrected chi connectivity index (χ4v) is 10.2. The molecule has 7 rings (SSSR count). The Balaban J connectivity index is 1.30. The van der Waals surface area contributed by atoms with Crippen molar-refractivity contribution in [2.45, 2.75) is 17.6 Å². The number of allylic oxidation sites excluding steroid dienone is 1. The molecule has 2 aliphatic carbocycles. The number of rotatable bonds is 2. The number of carbonyl (C=O) groups is 2. The predicted molar refractivity (Wildman–Crippen MR) is 136 cm³/mol. The van der Waals surface area contributed by atoms with Crippen LogP contribution in [-0.4, -0.2) is 17.1 Å². The van der Waals surface area contributed by atoms with Crippen LogP contribution >= 0.6 is 39.5 Å². The number of nitrogens with one attached hydrogen (secondary N) is 1. The van der Waals surface area contributed by atoms with Gasteiger partial charge in [-0.2, -0.15) is 0 Å². The molecule has 3 fully saturated rings. The molecule has 3 aliphatic heterocycles. The first-order valence-corrected chi connectivity index (χ1v) is 13.7. The number of imide groups is 1. The van der Waals surface area contributed by atoms with Crippen molar-refractivity contribution in [3.8, 4) is 0 Å². The van der Waals surface area contributed by atoms with E-state index in [9.17, 15) is 9.59 Å². The first-order chi connectivity index (χ1) is 16.0. The molecule has 2 amide bonds. The minimum Gasteiger partial charge on any atom is -0.344 e. The monoisotopic (exact) mass is 536 g/mol. The van der Waals surface area contributed by atoms with Crippen LogP contribution in [0.1, 0.15) is 17.9 Å². The van der Waals surface area contributed by atoms with Gasteiger partial charge in [-0.25, -0.2) is 0 Å². The van der Waals surface area contributed by atoms with E-state index in [0.717, 1.165) is 15.9 Å². The first kappa shape index (κ1) is 20.4. The van der Waals surface area contributed by atoms with Crippen LogP contribution in [0.15, 0.2) is 80.6 Å². The molecule has 2 aromatic carbocycles. The summed E-state index contributed by atoms with van der Waals surface area (Å²) in [5.74, 6) is 0.633. The Labute approximate surface area is 209 Å². The normalized spacial score (nSPS) is 36.2. The zero-order chi connectivity index (χ0) is 22.4. The van der Waals surface area contributed by atoms with Crippen molar-refractivity contribution < 1.29 is 9.59 Å². The number of thioether (sulfide) groups is 2. The van der Waals surface area contributed by atoms with Gasteiger partial charge in [0, 0.05) is 20.5 Å². The maximum atomic E-state index is 13.7. The predicted octanol–water partition coefficient (Wildman–Crippen LogP) is 5.70. The number of fused-ring (bicyclic) bond motifs is 8. The van der Waals surface area contributed by atoms with Crippen LogP contribution in [0.5, 0.6) is 0 Å². The largest absolute Gasteiger partial charge is 0.344 e. The van der Waals surface area contributed by atoms with Gasteiger partial charge >= 0.3 is 0 Å². The Morgan fingerprint density at radius 1 is 0.970 bits per heavy atom. The maximum absolute atomic E-state index is 13.7. The molecule has 0 unspecified atom stereocenters. The van der Waals surface area contributed by atoms with Crippen LogP contribution in [0.4, 0.5) is 5.69 Å². The lowest BCUT2D eigenvalue weighted by Crippen LogP contribution is -2.43. The summed E-state index contributed by atoms with van der Waals surface area (Å²) >= 11 is 7.08. The standard InChI is InChI=1S/C26H21BrN2O2S2/c1-12-28-24-23(32-12)18(13-5-3-2-4-6-13)19-16-11-17(22(19)33-24)21-20(16)25(30)29(26(21)31)15-9-7-14(27)8-10-15/h2-10,16-22,28H,1,11H2/t16-,17-,18-,19-,20+,21-,22-/m0/s1. The highest BCUT2D eigenvalue weighted by Gasteiger charge is 2.69. The third kappa shape index (κ3) is 2.79. The molecule has 0 radical (unpaired) electrons. The Bertz CT molecular complexity index is 1240. The molecule has 7 heteroatoms. The summed E-state index contributed by atoms with van der Waals surface area (Å²) in [5, 5.41) is 5.99. The second kappa shape index (κ2) is 7.27. The Hall–Kier alpha value is -1.96. The van der Waals surface area contributed by atoms with Crippen LogP contribution < -0.4 is 10.2 Å². The zero-order valence-electron chi connectivity index (χ0n) is 17.6. The van der Waals surface area contributed by atoms with E-state index in [1.54, 1.807) is 11.8 Å². The van der Waals surface area contributed by atoms with Gasteiger partial charge in [-0.15, -0.1) is 11.8 Å². The van der Waals surface area contributed by atoms with E-state index in [0.29, 0.717) is 16.9 Å². The molecule has 0 spiro atoms. The van der Waals surface area contributed by atoms with E-state index >= 15 is 0 Å². The highest BCUT2D eigenvalue weighted by molar-refractivity contribution is 9.10. The van der Waals surface area contributed by atoms with E-state index in [-0.39, 0.29) is 41.4 Å². The molecule has 2 bridgehead atoms. The van der Waals surface area contributed by atoms with Crippen LogP contribution in [0, 0.1) is 29.6 Å². The summed E-state index contributed by atoms with van der Waals surface area (Å²) in [4.78, 5) is 30.1. The number of anilines is 1. The number of hydrogen-bond donors (Lipinski definition) is 1. The second-order valence-electron chi connectivity index (χ2n) is 9.50. The molecule has 5 aliphatic rings. The summed E-state index contributed by atoms with van der Waals surface area (Å²) in [5.41, 5.74) is 1.99. The molecule has 33 heavy (non-hydrogen) atoms. The first-order valence-electron chi connectivity index (χ1n) is 11.3.